The maximum Gasteiger partial charge on any atom is 0.345 e. The smallest absolute Gasteiger partial charge is 0.345 e. The molecule has 2 bridgehead atoms. The van der Waals surface area contributed by atoms with Gasteiger partial charge in [-0.1, -0.05) is 6.08 Å². The Kier molecular flexibility index (Phi) is 4.16. The number of aromatic nitrogens is 1. The molecule has 0 saturated carbocycles. The first-order chi connectivity index (χ1) is 10.3. The van der Waals surface area contributed by atoms with Crippen molar-refractivity contribution < 1.29 is 9.63 Å². The number of hydroxylamine groups is 2. The van der Waals surface area contributed by atoms with E-state index in [-0.39, 0.29) is 12.1 Å². The van der Waals surface area contributed by atoms with Gasteiger partial charge in [0.25, 0.3) is 0 Å². The highest BCUT2D eigenvalue weighted by molar-refractivity contribution is 7.09. The van der Waals surface area contributed by atoms with Crippen LogP contribution < -0.4 is 5.32 Å². The average molecular weight is 307 g/mol. The second kappa shape index (κ2) is 6.23. The number of carbonyl (C=O) groups excluding carboxylic acids is 1. The number of hydrogen-bond donors (Lipinski definition) is 1. The van der Waals surface area contributed by atoms with Crippen molar-refractivity contribution in [2.75, 3.05) is 26.2 Å². The largest absolute Gasteiger partial charge is 0.375 e. The molecule has 1 saturated heterocycles. The second-order valence-corrected chi connectivity index (χ2v) is 5.63. The Hall–Kier alpha value is -1.93. The van der Waals surface area contributed by atoms with E-state index in [2.05, 4.69) is 21.9 Å². The molecule has 3 aliphatic rings. The molecule has 4 rings (SSSR count). The molecule has 8 heteroatoms. The number of fused-ring (bicyclic) bond motifs is 4. The molecule has 1 N–H and O–H groups in total. The number of nitrogens with zero attached hydrogens (tertiary/aromatic N) is 4. The van der Waals surface area contributed by atoms with Gasteiger partial charge >= 0.3 is 6.03 Å². The fraction of sp³-hybridized carbons (Fsp3) is 0.462. The van der Waals surface area contributed by atoms with Gasteiger partial charge in [-0.2, -0.15) is 5.06 Å². The molecule has 0 aromatic carbocycles. The lowest BCUT2D eigenvalue weighted by molar-refractivity contribution is -0.118. The fourth-order valence-corrected chi connectivity index (χ4v) is 3.28. The van der Waals surface area contributed by atoms with Gasteiger partial charge < -0.3 is 10.2 Å². The zero-order valence-electron chi connectivity index (χ0n) is 11.6. The van der Waals surface area contributed by atoms with E-state index in [1.54, 1.807) is 28.7 Å². The van der Waals surface area contributed by atoms with E-state index in [0.29, 0.717) is 19.7 Å². The third-order valence-corrected chi connectivity index (χ3v) is 4.32. The summed E-state index contributed by atoms with van der Waals surface area (Å²) >= 11 is 1.59. The molecular weight excluding hydrogens is 290 g/mol. The van der Waals surface area contributed by atoms with Gasteiger partial charge in [-0.05, 0) is 0 Å². The first-order valence-electron chi connectivity index (χ1n) is 6.77. The van der Waals surface area contributed by atoms with Crippen LogP contribution in [0.5, 0.6) is 0 Å². The number of carbonyl (C=O) groups is 1. The summed E-state index contributed by atoms with van der Waals surface area (Å²) in [6, 6.07) is -0.0687. The van der Waals surface area contributed by atoms with Gasteiger partial charge in [0.1, 0.15) is 6.04 Å². The van der Waals surface area contributed by atoms with Gasteiger partial charge in [-0.25, -0.2) is 9.78 Å². The molecule has 112 valence electrons. The first kappa shape index (κ1) is 14.0. The maximum absolute atomic E-state index is 11.9. The van der Waals surface area contributed by atoms with Crippen molar-refractivity contribution in [2.24, 2.45) is 4.99 Å². The molecule has 7 nitrogen and oxygen atoms in total. The van der Waals surface area contributed by atoms with Crippen LogP contribution in [0.2, 0.25) is 0 Å². The van der Waals surface area contributed by atoms with Crippen molar-refractivity contribution in [3.63, 3.8) is 0 Å². The summed E-state index contributed by atoms with van der Waals surface area (Å²) < 4.78 is 0. The molecule has 0 aliphatic carbocycles. The SMILES string of the molecule is C1=NCCN1.C=CCON1C(=O)N2Cc3ncsc3[C@@H]1C2. The number of amides is 2. The summed E-state index contributed by atoms with van der Waals surface area (Å²) in [5.41, 5.74) is 2.82. The van der Waals surface area contributed by atoms with Crippen LogP contribution in [-0.2, 0) is 11.4 Å². The van der Waals surface area contributed by atoms with Crippen LogP contribution in [0.15, 0.2) is 23.2 Å². The summed E-state index contributed by atoms with van der Waals surface area (Å²) in [6.07, 6.45) is 3.37. The topological polar surface area (TPSA) is 70.1 Å². The van der Waals surface area contributed by atoms with Gasteiger partial charge in [0.05, 0.1) is 48.7 Å². The first-order valence-corrected chi connectivity index (χ1v) is 7.65. The van der Waals surface area contributed by atoms with E-state index in [4.69, 9.17) is 4.84 Å². The summed E-state index contributed by atoms with van der Waals surface area (Å²) in [6.45, 7) is 7.22. The van der Waals surface area contributed by atoms with Crippen molar-refractivity contribution in [1.82, 2.24) is 20.3 Å². The Labute approximate surface area is 126 Å². The van der Waals surface area contributed by atoms with Crippen LogP contribution in [-0.4, -0.2) is 53.6 Å². The summed E-state index contributed by atoms with van der Waals surface area (Å²) in [5, 5.41) is 4.38. The normalized spacial score (nSPS) is 21.7. The molecule has 1 aromatic heterocycles. The Balaban J connectivity index is 0.000000225. The fourth-order valence-electron chi connectivity index (χ4n) is 2.41. The van der Waals surface area contributed by atoms with E-state index in [9.17, 15) is 4.79 Å². The molecule has 1 fully saturated rings. The van der Waals surface area contributed by atoms with Gasteiger partial charge in [0.2, 0.25) is 0 Å². The highest BCUT2D eigenvalue weighted by atomic mass is 32.1. The van der Waals surface area contributed by atoms with Crippen molar-refractivity contribution in [3.05, 3.63) is 28.7 Å². The van der Waals surface area contributed by atoms with Crippen LogP contribution in [0.4, 0.5) is 4.79 Å². The summed E-state index contributed by atoms with van der Waals surface area (Å²) in [7, 11) is 0. The average Bonchev–Trinajstić information content (AvgIpc) is 3.23. The van der Waals surface area contributed by atoms with Crippen LogP contribution in [0.25, 0.3) is 0 Å². The van der Waals surface area contributed by atoms with E-state index < -0.39 is 0 Å². The molecule has 1 aromatic rings. The third-order valence-electron chi connectivity index (χ3n) is 3.35. The predicted octanol–water partition coefficient (Wildman–Crippen LogP) is 1.17. The van der Waals surface area contributed by atoms with Crippen molar-refractivity contribution in [1.29, 1.82) is 0 Å². The number of hydrogen-bond acceptors (Lipinski definition) is 6. The van der Waals surface area contributed by atoms with Crippen molar-refractivity contribution in [2.45, 2.75) is 12.6 Å². The minimum absolute atomic E-state index is 0.00343. The van der Waals surface area contributed by atoms with Crippen LogP contribution in [0.3, 0.4) is 0 Å². The van der Waals surface area contributed by atoms with E-state index in [1.807, 2.05) is 5.51 Å². The number of nitrogens with one attached hydrogen (secondary N) is 1. The Morgan fingerprint density at radius 2 is 2.52 bits per heavy atom. The quantitative estimate of drug-likeness (QED) is 0.851. The molecule has 0 radical (unpaired) electrons. The Morgan fingerprint density at radius 1 is 1.62 bits per heavy atom. The lowest BCUT2D eigenvalue weighted by Crippen LogP contribution is -2.30. The standard InChI is InChI=1S/C10H11N3O2S.C3H6N2/c1-2-3-15-13-8-5-12(10(13)14)4-7-9(8)16-6-11-7;1-2-5-3-4-1/h2,6,8H,1,3-5H2;3H,1-2H2,(H,4,5)/t8-;/m0./s1. The molecule has 0 unspecified atom stereocenters. The Bertz CT molecular complexity index is 553. The molecular formula is C13H17N5O2S. The van der Waals surface area contributed by atoms with Gasteiger partial charge in [0, 0.05) is 6.54 Å². The van der Waals surface area contributed by atoms with Crippen molar-refractivity contribution in [3.8, 4) is 0 Å². The monoisotopic (exact) mass is 307 g/mol. The van der Waals surface area contributed by atoms with E-state index in [1.165, 1.54) is 5.06 Å². The van der Waals surface area contributed by atoms with Crippen LogP contribution in [0.1, 0.15) is 16.6 Å². The molecule has 1 atom stereocenters. The van der Waals surface area contributed by atoms with E-state index in [0.717, 1.165) is 23.7 Å². The van der Waals surface area contributed by atoms with Gasteiger partial charge in [-0.3, -0.25) is 9.83 Å². The zero-order chi connectivity index (χ0) is 14.7. The molecule has 2 amide bonds. The lowest BCUT2D eigenvalue weighted by atomic mass is 10.1. The Morgan fingerprint density at radius 3 is 3.19 bits per heavy atom. The maximum atomic E-state index is 11.9. The van der Waals surface area contributed by atoms with Crippen LogP contribution in [0, 0.1) is 0 Å². The molecule has 0 spiro atoms. The third kappa shape index (κ3) is 2.77. The predicted molar refractivity (Wildman–Crippen MR) is 80.0 cm³/mol. The number of thiazole rings is 1. The summed E-state index contributed by atoms with van der Waals surface area (Å²) in [5.74, 6) is 0. The second-order valence-electron chi connectivity index (χ2n) is 4.74. The minimum Gasteiger partial charge on any atom is -0.375 e. The molecule has 21 heavy (non-hydrogen) atoms. The number of rotatable bonds is 3. The molecule has 4 heterocycles. The number of aliphatic imine (C=N–C) groups is 1. The van der Waals surface area contributed by atoms with Crippen molar-refractivity contribution >= 4 is 23.7 Å². The van der Waals surface area contributed by atoms with Gasteiger partial charge in [-0.15, -0.1) is 17.9 Å². The van der Waals surface area contributed by atoms with E-state index >= 15 is 0 Å². The molecule has 3 aliphatic heterocycles. The lowest BCUT2D eigenvalue weighted by Gasteiger charge is -2.21. The highest BCUT2D eigenvalue weighted by Crippen LogP contribution is 2.39. The minimum atomic E-state index is -0.0722. The summed E-state index contributed by atoms with van der Waals surface area (Å²) in [4.78, 5) is 28.4. The van der Waals surface area contributed by atoms with Gasteiger partial charge in [0.15, 0.2) is 0 Å². The highest BCUT2D eigenvalue weighted by Gasteiger charge is 2.45. The zero-order valence-corrected chi connectivity index (χ0v) is 12.4. The number of urea groups is 1. The van der Waals surface area contributed by atoms with Crippen LogP contribution >= 0.6 is 11.3 Å².